The van der Waals surface area contributed by atoms with E-state index in [1.54, 1.807) is 30.3 Å². The van der Waals surface area contributed by atoms with Crippen molar-refractivity contribution in [3.63, 3.8) is 0 Å². The van der Waals surface area contributed by atoms with E-state index in [4.69, 9.17) is 4.74 Å². The van der Waals surface area contributed by atoms with Crippen LogP contribution in [-0.4, -0.2) is 17.1 Å². The van der Waals surface area contributed by atoms with Crippen LogP contribution in [0.15, 0.2) is 42.5 Å². The number of rotatable bonds is 4. The standard InChI is InChI=1S/C15H13NO4/c1-20-15-10-12(6-9-14(15)17)3-2-11-4-7-13(8-5-11)16(18)19/h2-10,17H,1H3. The SMILES string of the molecule is COc1cc(C=Cc2ccc([N+](=O)[O-])cc2)ccc1O. The third-order valence-electron chi connectivity index (χ3n) is 2.78. The van der Waals surface area contributed by atoms with Crippen LogP contribution in [0.1, 0.15) is 11.1 Å². The summed E-state index contributed by atoms with van der Waals surface area (Å²) in [6.07, 6.45) is 3.67. The third-order valence-corrected chi connectivity index (χ3v) is 2.78. The highest BCUT2D eigenvalue weighted by Crippen LogP contribution is 2.27. The van der Waals surface area contributed by atoms with Crippen molar-refractivity contribution in [3.05, 3.63) is 63.7 Å². The minimum absolute atomic E-state index is 0.0634. The van der Waals surface area contributed by atoms with Crippen molar-refractivity contribution in [1.29, 1.82) is 0 Å². The number of nitro benzene ring substituents is 1. The van der Waals surface area contributed by atoms with Crippen LogP contribution in [-0.2, 0) is 0 Å². The molecule has 0 saturated heterocycles. The zero-order valence-corrected chi connectivity index (χ0v) is 10.8. The smallest absolute Gasteiger partial charge is 0.269 e. The molecule has 0 heterocycles. The first-order valence-corrected chi connectivity index (χ1v) is 5.89. The molecule has 0 aliphatic heterocycles. The summed E-state index contributed by atoms with van der Waals surface area (Å²) in [7, 11) is 1.48. The predicted molar refractivity (Wildman–Crippen MR) is 76.7 cm³/mol. The van der Waals surface area contributed by atoms with E-state index in [-0.39, 0.29) is 11.4 Å². The van der Waals surface area contributed by atoms with Gasteiger partial charge in [0.15, 0.2) is 11.5 Å². The van der Waals surface area contributed by atoms with Crippen LogP contribution in [0.2, 0.25) is 0 Å². The molecule has 0 aliphatic carbocycles. The Labute approximate surface area is 115 Å². The van der Waals surface area contributed by atoms with Gasteiger partial charge in [0.05, 0.1) is 12.0 Å². The highest BCUT2D eigenvalue weighted by atomic mass is 16.6. The molecule has 0 aromatic heterocycles. The molecule has 0 bridgehead atoms. The van der Waals surface area contributed by atoms with Crippen molar-refractivity contribution in [1.82, 2.24) is 0 Å². The zero-order chi connectivity index (χ0) is 14.5. The van der Waals surface area contributed by atoms with Crippen molar-refractivity contribution in [2.24, 2.45) is 0 Å². The largest absolute Gasteiger partial charge is 0.504 e. The number of phenolic OH excluding ortho intramolecular Hbond substituents is 1. The second-order valence-corrected chi connectivity index (χ2v) is 4.11. The first-order valence-electron chi connectivity index (χ1n) is 5.89. The summed E-state index contributed by atoms with van der Waals surface area (Å²) < 4.78 is 5.02. The summed E-state index contributed by atoms with van der Waals surface area (Å²) in [5, 5.41) is 20.0. The molecule has 0 fully saturated rings. The van der Waals surface area contributed by atoms with E-state index in [1.807, 2.05) is 12.2 Å². The molecular formula is C15H13NO4. The van der Waals surface area contributed by atoms with Crippen molar-refractivity contribution in [2.45, 2.75) is 0 Å². The maximum absolute atomic E-state index is 10.5. The topological polar surface area (TPSA) is 72.6 Å². The summed E-state index contributed by atoms with van der Waals surface area (Å²) in [4.78, 5) is 10.1. The molecule has 5 nitrogen and oxygen atoms in total. The Bertz CT molecular complexity index is 647. The molecule has 0 saturated carbocycles. The van der Waals surface area contributed by atoms with Gasteiger partial charge >= 0.3 is 0 Å². The van der Waals surface area contributed by atoms with Gasteiger partial charge < -0.3 is 9.84 Å². The predicted octanol–water partition coefficient (Wildman–Crippen LogP) is 3.48. The fourth-order valence-corrected chi connectivity index (χ4v) is 1.70. The number of ether oxygens (including phenoxy) is 1. The molecule has 102 valence electrons. The minimum Gasteiger partial charge on any atom is -0.504 e. The number of nitrogens with zero attached hydrogens (tertiary/aromatic N) is 1. The fourth-order valence-electron chi connectivity index (χ4n) is 1.70. The molecule has 0 amide bonds. The molecular weight excluding hydrogens is 258 g/mol. The zero-order valence-electron chi connectivity index (χ0n) is 10.8. The Balaban J connectivity index is 2.18. The maximum atomic E-state index is 10.5. The van der Waals surface area contributed by atoms with Crippen LogP contribution < -0.4 is 4.74 Å². The van der Waals surface area contributed by atoms with Crippen LogP contribution >= 0.6 is 0 Å². The molecule has 0 radical (unpaired) electrons. The number of hydrogen-bond acceptors (Lipinski definition) is 4. The lowest BCUT2D eigenvalue weighted by atomic mass is 10.1. The molecule has 0 atom stereocenters. The Hall–Kier alpha value is -2.82. The molecule has 0 spiro atoms. The fraction of sp³-hybridized carbons (Fsp3) is 0.0667. The van der Waals surface area contributed by atoms with Gasteiger partial charge in [0.1, 0.15) is 0 Å². The van der Waals surface area contributed by atoms with Gasteiger partial charge in [-0.2, -0.15) is 0 Å². The van der Waals surface area contributed by atoms with Crippen molar-refractivity contribution >= 4 is 17.8 Å². The van der Waals surface area contributed by atoms with Gasteiger partial charge in [0.25, 0.3) is 5.69 Å². The number of benzene rings is 2. The first kappa shape index (κ1) is 13.6. The van der Waals surface area contributed by atoms with Crippen molar-refractivity contribution in [3.8, 4) is 11.5 Å². The Kier molecular flexibility index (Phi) is 4.00. The Morgan fingerprint density at radius 1 is 1.10 bits per heavy atom. The average molecular weight is 271 g/mol. The van der Waals surface area contributed by atoms with E-state index >= 15 is 0 Å². The minimum atomic E-state index is -0.432. The van der Waals surface area contributed by atoms with E-state index < -0.39 is 4.92 Å². The van der Waals surface area contributed by atoms with E-state index in [0.717, 1.165) is 11.1 Å². The number of nitro groups is 1. The van der Waals surface area contributed by atoms with Crippen LogP contribution in [0.5, 0.6) is 11.5 Å². The second kappa shape index (κ2) is 5.88. The van der Waals surface area contributed by atoms with Gasteiger partial charge in [-0.3, -0.25) is 10.1 Å². The van der Waals surface area contributed by atoms with Crippen LogP contribution in [0, 0.1) is 10.1 Å². The molecule has 2 aromatic rings. The van der Waals surface area contributed by atoms with Crippen LogP contribution in [0.25, 0.3) is 12.2 Å². The highest BCUT2D eigenvalue weighted by Gasteiger charge is 2.03. The quantitative estimate of drug-likeness (QED) is 0.525. The van der Waals surface area contributed by atoms with E-state index in [0.29, 0.717) is 5.75 Å². The third kappa shape index (κ3) is 3.14. The molecule has 0 aliphatic rings. The summed E-state index contributed by atoms with van der Waals surface area (Å²) in [5.74, 6) is 0.482. The van der Waals surface area contributed by atoms with Gasteiger partial charge in [-0.15, -0.1) is 0 Å². The number of hydrogen-bond donors (Lipinski definition) is 1. The summed E-state index contributed by atoms with van der Waals surface area (Å²) >= 11 is 0. The van der Waals surface area contributed by atoms with Gasteiger partial charge in [-0.1, -0.05) is 18.2 Å². The highest BCUT2D eigenvalue weighted by molar-refractivity contribution is 5.71. The number of aromatic hydroxyl groups is 1. The number of phenols is 1. The van der Waals surface area contributed by atoms with Gasteiger partial charge in [0.2, 0.25) is 0 Å². The molecule has 2 rings (SSSR count). The van der Waals surface area contributed by atoms with Crippen LogP contribution in [0.4, 0.5) is 5.69 Å². The summed E-state index contributed by atoms with van der Waals surface area (Å²) in [6.45, 7) is 0. The number of non-ortho nitro benzene ring substituents is 1. The second-order valence-electron chi connectivity index (χ2n) is 4.11. The lowest BCUT2D eigenvalue weighted by molar-refractivity contribution is -0.384. The van der Waals surface area contributed by atoms with E-state index in [1.165, 1.54) is 19.2 Å². The molecule has 5 heteroatoms. The lowest BCUT2D eigenvalue weighted by Gasteiger charge is -2.03. The van der Waals surface area contributed by atoms with Crippen molar-refractivity contribution < 1.29 is 14.8 Å². The first-order chi connectivity index (χ1) is 9.60. The molecule has 1 N–H and O–H groups in total. The lowest BCUT2D eigenvalue weighted by Crippen LogP contribution is -1.86. The normalized spacial score (nSPS) is 10.7. The molecule has 2 aromatic carbocycles. The molecule has 20 heavy (non-hydrogen) atoms. The van der Waals surface area contributed by atoms with Gasteiger partial charge in [-0.25, -0.2) is 0 Å². The van der Waals surface area contributed by atoms with Crippen molar-refractivity contribution in [2.75, 3.05) is 7.11 Å². The summed E-state index contributed by atoms with van der Waals surface area (Å²) in [5.41, 5.74) is 1.77. The van der Waals surface area contributed by atoms with E-state index in [2.05, 4.69) is 0 Å². The maximum Gasteiger partial charge on any atom is 0.269 e. The van der Waals surface area contributed by atoms with Gasteiger partial charge in [-0.05, 0) is 35.4 Å². The molecule has 0 unspecified atom stereocenters. The number of methoxy groups -OCH3 is 1. The monoisotopic (exact) mass is 271 g/mol. The van der Waals surface area contributed by atoms with Gasteiger partial charge in [0, 0.05) is 12.1 Å². The van der Waals surface area contributed by atoms with Crippen LogP contribution in [0.3, 0.4) is 0 Å². The Morgan fingerprint density at radius 3 is 2.30 bits per heavy atom. The summed E-state index contributed by atoms with van der Waals surface area (Å²) in [6, 6.07) is 11.3. The van der Waals surface area contributed by atoms with E-state index in [9.17, 15) is 15.2 Å². The average Bonchev–Trinajstić information content (AvgIpc) is 2.46. The Morgan fingerprint density at radius 2 is 1.70 bits per heavy atom.